The molecule has 2 fully saturated rings. The smallest absolute Gasteiger partial charge is 0.0482 e. The average molecular weight is 320 g/mol. The molecule has 4 rings (SSSR count). The molecule has 2 aliphatic rings. The van der Waals surface area contributed by atoms with Gasteiger partial charge in [-0.1, -0.05) is 67.1 Å². The van der Waals surface area contributed by atoms with E-state index in [1.54, 1.807) is 0 Å². The van der Waals surface area contributed by atoms with E-state index in [2.05, 4.69) is 72.5 Å². The lowest BCUT2D eigenvalue weighted by atomic mass is 9.73. The summed E-state index contributed by atoms with van der Waals surface area (Å²) in [4.78, 5) is 2.73. The third-order valence-corrected chi connectivity index (χ3v) is 6.38. The van der Waals surface area contributed by atoms with Crippen molar-refractivity contribution in [1.29, 1.82) is 0 Å². The second kappa shape index (κ2) is 6.34. The maximum Gasteiger partial charge on any atom is 0.0482 e. The van der Waals surface area contributed by atoms with Crippen molar-refractivity contribution in [3.8, 4) is 0 Å². The van der Waals surface area contributed by atoms with Gasteiger partial charge < -0.3 is 5.73 Å². The molecular weight excluding hydrogens is 292 g/mol. The third kappa shape index (κ3) is 2.58. The van der Waals surface area contributed by atoms with Crippen LogP contribution < -0.4 is 5.73 Å². The number of hydrogen-bond acceptors (Lipinski definition) is 2. The summed E-state index contributed by atoms with van der Waals surface area (Å²) in [6.07, 6.45) is 5.14. The fourth-order valence-electron chi connectivity index (χ4n) is 5.16. The van der Waals surface area contributed by atoms with Gasteiger partial charge in [0.05, 0.1) is 0 Å². The lowest BCUT2D eigenvalue weighted by Crippen LogP contribution is -2.52. The first-order chi connectivity index (χ1) is 11.7. The SMILES string of the molecule is C[C@H](c1ccccc1)N1CC2CCCC1(C(N)c1ccccc1)C2. The Balaban J connectivity index is 1.70. The van der Waals surface area contributed by atoms with E-state index in [-0.39, 0.29) is 11.6 Å². The first kappa shape index (κ1) is 15.9. The van der Waals surface area contributed by atoms with E-state index in [0.717, 1.165) is 5.92 Å². The normalized spacial score (nSPS) is 29.3. The van der Waals surface area contributed by atoms with Crippen molar-refractivity contribution in [1.82, 2.24) is 4.90 Å². The molecule has 2 N–H and O–H groups in total. The lowest BCUT2D eigenvalue weighted by molar-refractivity contribution is 0.0577. The summed E-state index contributed by atoms with van der Waals surface area (Å²) in [5, 5.41) is 0. The number of likely N-dealkylation sites (tertiary alicyclic amines) is 1. The summed E-state index contributed by atoms with van der Waals surface area (Å²) in [5.41, 5.74) is 9.71. The highest BCUT2D eigenvalue weighted by Gasteiger charge is 2.53. The highest BCUT2D eigenvalue weighted by Crippen LogP contribution is 2.52. The summed E-state index contributed by atoms with van der Waals surface area (Å²) < 4.78 is 0. The molecule has 126 valence electrons. The molecule has 24 heavy (non-hydrogen) atoms. The van der Waals surface area contributed by atoms with Crippen molar-refractivity contribution in [2.45, 2.75) is 50.2 Å². The van der Waals surface area contributed by atoms with Gasteiger partial charge in [-0.05, 0) is 43.2 Å². The molecular formula is C22H28N2. The maximum atomic E-state index is 6.91. The summed E-state index contributed by atoms with van der Waals surface area (Å²) in [7, 11) is 0. The molecule has 1 saturated carbocycles. The van der Waals surface area contributed by atoms with Gasteiger partial charge in [0.25, 0.3) is 0 Å². The van der Waals surface area contributed by atoms with Gasteiger partial charge in [-0.15, -0.1) is 0 Å². The minimum atomic E-state index is 0.0927. The Kier molecular flexibility index (Phi) is 4.19. The molecule has 0 amide bonds. The highest BCUT2D eigenvalue weighted by atomic mass is 15.3. The number of hydrogen-bond donors (Lipinski definition) is 1. The van der Waals surface area contributed by atoms with Gasteiger partial charge >= 0.3 is 0 Å². The van der Waals surface area contributed by atoms with Crippen LogP contribution in [0.25, 0.3) is 0 Å². The Labute approximate surface area is 145 Å². The number of nitrogens with two attached hydrogens (primary N) is 1. The molecule has 0 spiro atoms. The van der Waals surface area contributed by atoms with Crippen molar-refractivity contribution in [3.63, 3.8) is 0 Å². The molecule has 1 heterocycles. The second-order valence-corrected chi connectivity index (χ2v) is 7.69. The Bertz CT molecular complexity index is 669. The Morgan fingerprint density at radius 2 is 1.62 bits per heavy atom. The molecule has 4 atom stereocenters. The standard InChI is InChI=1S/C22H28N2/c1-17(19-10-4-2-5-11-19)24-16-18-9-8-14-22(24,15-18)21(23)20-12-6-3-7-13-20/h2-7,10-13,17-18,21H,8-9,14-16,23H2,1H3/t17-,18?,21?,22?/m1/s1. The zero-order valence-electron chi connectivity index (χ0n) is 14.6. The largest absolute Gasteiger partial charge is 0.322 e. The van der Waals surface area contributed by atoms with Crippen molar-refractivity contribution >= 4 is 0 Å². The summed E-state index contributed by atoms with van der Waals surface area (Å²) in [6.45, 7) is 3.55. The predicted octanol–water partition coefficient (Wildman–Crippen LogP) is 4.69. The summed E-state index contributed by atoms with van der Waals surface area (Å²) >= 11 is 0. The van der Waals surface area contributed by atoms with Crippen molar-refractivity contribution < 1.29 is 0 Å². The van der Waals surface area contributed by atoms with Crippen LogP contribution in [0.3, 0.4) is 0 Å². The van der Waals surface area contributed by atoms with Crippen LogP contribution in [0.4, 0.5) is 0 Å². The van der Waals surface area contributed by atoms with Crippen LogP contribution in [-0.4, -0.2) is 17.0 Å². The topological polar surface area (TPSA) is 29.3 Å². The Morgan fingerprint density at radius 1 is 1.00 bits per heavy atom. The first-order valence-corrected chi connectivity index (χ1v) is 9.33. The fraction of sp³-hybridized carbons (Fsp3) is 0.455. The van der Waals surface area contributed by atoms with E-state index in [1.165, 1.54) is 43.4 Å². The van der Waals surface area contributed by atoms with E-state index in [1.807, 2.05) is 0 Å². The number of fused-ring (bicyclic) bond motifs is 2. The summed E-state index contributed by atoms with van der Waals surface area (Å²) in [5.74, 6) is 0.805. The zero-order chi connectivity index (χ0) is 16.6. The van der Waals surface area contributed by atoms with Crippen molar-refractivity contribution in [2.24, 2.45) is 11.7 Å². The van der Waals surface area contributed by atoms with E-state index in [4.69, 9.17) is 5.73 Å². The van der Waals surface area contributed by atoms with E-state index < -0.39 is 0 Å². The average Bonchev–Trinajstić information content (AvgIpc) is 2.92. The van der Waals surface area contributed by atoms with E-state index in [0.29, 0.717) is 6.04 Å². The van der Waals surface area contributed by atoms with E-state index >= 15 is 0 Å². The first-order valence-electron chi connectivity index (χ1n) is 9.33. The van der Waals surface area contributed by atoms with Gasteiger partial charge in [0.15, 0.2) is 0 Å². The number of benzene rings is 2. The summed E-state index contributed by atoms with van der Waals surface area (Å²) in [6, 6.07) is 22.1. The molecule has 2 aromatic rings. The minimum absolute atomic E-state index is 0.0927. The van der Waals surface area contributed by atoms with Gasteiger partial charge in [0.2, 0.25) is 0 Å². The molecule has 1 aliphatic heterocycles. The number of nitrogens with zero attached hydrogens (tertiary/aromatic N) is 1. The monoisotopic (exact) mass is 320 g/mol. The molecule has 0 radical (unpaired) electrons. The van der Waals surface area contributed by atoms with Gasteiger partial charge in [0, 0.05) is 24.2 Å². The number of rotatable bonds is 4. The molecule has 2 aromatic carbocycles. The lowest BCUT2D eigenvalue weighted by Gasteiger charge is -2.47. The molecule has 1 aliphatic carbocycles. The van der Waals surface area contributed by atoms with Crippen LogP contribution in [0.15, 0.2) is 60.7 Å². The van der Waals surface area contributed by atoms with Crippen LogP contribution in [0.5, 0.6) is 0 Å². The predicted molar refractivity (Wildman–Crippen MR) is 99.6 cm³/mol. The maximum absolute atomic E-state index is 6.91. The zero-order valence-corrected chi connectivity index (χ0v) is 14.6. The van der Waals surface area contributed by atoms with Gasteiger partial charge in [-0.2, -0.15) is 0 Å². The van der Waals surface area contributed by atoms with Gasteiger partial charge in [-0.25, -0.2) is 0 Å². The Morgan fingerprint density at radius 3 is 2.29 bits per heavy atom. The van der Waals surface area contributed by atoms with Crippen molar-refractivity contribution in [2.75, 3.05) is 6.54 Å². The molecule has 1 saturated heterocycles. The molecule has 2 bridgehead atoms. The van der Waals surface area contributed by atoms with Crippen LogP contribution >= 0.6 is 0 Å². The van der Waals surface area contributed by atoms with Crippen LogP contribution in [-0.2, 0) is 0 Å². The van der Waals surface area contributed by atoms with Crippen LogP contribution in [0.1, 0.15) is 55.8 Å². The van der Waals surface area contributed by atoms with Gasteiger partial charge in [0.1, 0.15) is 0 Å². The second-order valence-electron chi connectivity index (χ2n) is 7.69. The fourth-order valence-corrected chi connectivity index (χ4v) is 5.16. The minimum Gasteiger partial charge on any atom is -0.322 e. The van der Waals surface area contributed by atoms with Crippen molar-refractivity contribution in [3.05, 3.63) is 71.8 Å². The third-order valence-electron chi connectivity index (χ3n) is 6.38. The molecule has 3 unspecified atom stereocenters. The molecule has 0 aromatic heterocycles. The van der Waals surface area contributed by atoms with Crippen LogP contribution in [0.2, 0.25) is 0 Å². The Hall–Kier alpha value is -1.64. The van der Waals surface area contributed by atoms with E-state index in [9.17, 15) is 0 Å². The quantitative estimate of drug-likeness (QED) is 0.885. The molecule has 2 nitrogen and oxygen atoms in total. The van der Waals surface area contributed by atoms with Gasteiger partial charge in [-0.3, -0.25) is 4.90 Å². The van der Waals surface area contributed by atoms with Crippen LogP contribution in [0, 0.1) is 5.92 Å². The molecule has 2 heteroatoms. The highest BCUT2D eigenvalue weighted by molar-refractivity contribution is 5.27.